The average molecular weight is 463 g/mol. The maximum Gasteiger partial charge on any atom is 0.272 e. The SMILES string of the molecule is COc1cccc(-c2cc(C(=O)N3CCC[C@@H]3c3ncc(Cc4cccc(Cl)c4)o3)[nH]n2)c1. The number of oxazole rings is 1. The molecule has 8 heteroatoms. The summed E-state index contributed by atoms with van der Waals surface area (Å²) in [6, 6.07) is 16.8. The van der Waals surface area contributed by atoms with Crippen molar-refractivity contribution in [1.82, 2.24) is 20.1 Å². The molecular formula is C25H23ClN4O3. The molecule has 2 aromatic heterocycles. The van der Waals surface area contributed by atoms with Crippen molar-refractivity contribution in [2.24, 2.45) is 0 Å². The zero-order valence-electron chi connectivity index (χ0n) is 18.1. The number of aromatic nitrogens is 3. The molecule has 0 saturated carbocycles. The number of carbonyl (C=O) groups excluding carboxylic acids is 1. The molecule has 7 nitrogen and oxygen atoms in total. The van der Waals surface area contributed by atoms with Crippen LogP contribution >= 0.6 is 11.6 Å². The van der Waals surface area contributed by atoms with Crippen LogP contribution in [0.3, 0.4) is 0 Å². The second-order valence-electron chi connectivity index (χ2n) is 8.03. The van der Waals surface area contributed by atoms with E-state index in [2.05, 4.69) is 15.2 Å². The number of H-pyrrole nitrogens is 1. The molecular weight excluding hydrogens is 440 g/mol. The summed E-state index contributed by atoms with van der Waals surface area (Å²) in [6.45, 7) is 0.642. The summed E-state index contributed by atoms with van der Waals surface area (Å²) < 4.78 is 11.3. The smallest absolute Gasteiger partial charge is 0.272 e. The summed E-state index contributed by atoms with van der Waals surface area (Å²) in [5.74, 6) is 1.92. The molecule has 1 saturated heterocycles. The molecule has 1 aliphatic rings. The van der Waals surface area contributed by atoms with E-state index in [0.717, 1.165) is 35.5 Å². The first-order valence-corrected chi connectivity index (χ1v) is 11.2. The first-order valence-electron chi connectivity index (χ1n) is 10.8. The lowest BCUT2D eigenvalue weighted by atomic mass is 10.1. The van der Waals surface area contributed by atoms with Gasteiger partial charge in [-0.3, -0.25) is 9.89 Å². The highest BCUT2D eigenvalue weighted by Crippen LogP contribution is 2.33. The topological polar surface area (TPSA) is 84.2 Å². The highest BCUT2D eigenvalue weighted by Gasteiger charge is 2.34. The van der Waals surface area contributed by atoms with Gasteiger partial charge < -0.3 is 14.1 Å². The zero-order chi connectivity index (χ0) is 22.8. The normalized spacial score (nSPS) is 15.7. The summed E-state index contributed by atoms with van der Waals surface area (Å²) >= 11 is 6.08. The van der Waals surface area contributed by atoms with Crippen LogP contribution in [0.1, 0.15) is 46.6 Å². The minimum absolute atomic E-state index is 0.117. The number of likely N-dealkylation sites (tertiary alicyclic amines) is 1. The average Bonchev–Trinajstić information content (AvgIpc) is 3.59. The van der Waals surface area contributed by atoms with Gasteiger partial charge in [-0.2, -0.15) is 5.10 Å². The maximum absolute atomic E-state index is 13.3. The Morgan fingerprint density at radius 2 is 2.12 bits per heavy atom. The lowest BCUT2D eigenvalue weighted by Gasteiger charge is -2.21. The van der Waals surface area contributed by atoms with Crippen LogP contribution in [0.4, 0.5) is 0 Å². The summed E-state index contributed by atoms with van der Waals surface area (Å²) in [5, 5.41) is 7.91. The standard InChI is InChI=1S/C25H23ClN4O3/c1-32-19-8-3-6-17(13-19)21-14-22(29-28-21)25(31)30-10-4-9-23(30)24-27-15-20(33-24)12-16-5-2-7-18(26)11-16/h2-3,5-8,11,13-15,23H,4,9-10,12H2,1H3,(H,28,29)/t23-/m1/s1. The Bertz CT molecular complexity index is 1280. The third-order valence-corrected chi connectivity index (χ3v) is 6.05. The van der Waals surface area contributed by atoms with Crippen molar-refractivity contribution in [1.29, 1.82) is 0 Å². The van der Waals surface area contributed by atoms with Gasteiger partial charge in [0, 0.05) is 23.6 Å². The predicted octanol–water partition coefficient (Wildman–Crippen LogP) is 5.29. The van der Waals surface area contributed by atoms with Crippen molar-refractivity contribution >= 4 is 17.5 Å². The lowest BCUT2D eigenvalue weighted by molar-refractivity contribution is 0.0708. The summed E-state index contributed by atoms with van der Waals surface area (Å²) in [5.41, 5.74) is 3.05. The predicted molar refractivity (Wildman–Crippen MR) is 124 cm³/mol. The number of amides is 1. The van der Waals surface area contributed by atoms with Crippen molar-refractivity contribution < 1.29 is 13.9 Å². The molecule has 0 radical (unpaired) electrons. The Labute approximate surface area is 196 Å². The molecule has 0 spiro atoms. The van der Waals surface area contributed by atoms with Crippen LogP contribution in [-0.4, -0.2) is 39.6 Å². The van der Waals surface area contributed by atoms with E-state index in [-0.39, 0.29) is 11.9 Å². The van der Waals surface area contributed by atoms with E-state index in [1.54, 1.807) is 24.3 Å². The molecule has 5 rings (SSSR count). The van der Waals surface area contributed by atoms with Gasteiger partial charge in [0.1, 0.15) is 23.2 Å². The first kappa shape index (κ1) is 21.3. The Morgan fingerprint density at radius 3 is 2.97 bits per heavy atom. The van der Waals surface area contributed by atoms with E-state index in [4.69, 9.17) is 20.8 Å². The van der Waals surface area contributed by atoms with Crippen molar-refractivity contribution in [3.8, 4) is 17.0 Å². The molecule has 33 heavy (non-hydrogen) atoms. The fourth-order valence-corrected chi connectivity index (χ4v) is 4.40. The van der Waals surface area contributed by atoms with Crippen molar-refractivity contribution in [3.05, 3.63) is 88.7 Å². The number of benzene rings is 2. The molecule has 1 atom stereocenters. The highest BCUT2D eigenvalue weighted by atomic mass is 35.5. The third kappa shape index (κ3) is 4.50. The minimum Gasteiger partial charge on any atom is -0.497 e. The van der Waals surface area contributed by atoms with E-state index in [0.29, 0.717) is 35.3 Å². The van der Waals surface area contributed by atoms with Crippen LogP contribution in [0.25, 0.3) is 11.3 Å². The van der Waals surface area contributed by atoms with Crippen LogP contribution < -0.4 is 4.74 Å². The number of hydrogen-bond donors (Lipinski definition) is 1. The number of nitrogens with zero attached hydrogens (tertiary/aromatic N) is 3. The first-order chi connectivity index (χ1) is 16.1. The number of carbonyl (C=O) groups is 1. The number of ether oxygens (including phenoxy) is 1. The zero-order valence-corrected chi connectivity index (χ0v) is 18.9. The van der Waals surface area contributed by atoms with Gasteiger partial charge in [0.2, 0.25) is 5.89 Å². The molecule has 0 bridgehead atoms. The quantitative estimate of drug-likeness (QED) is 0.420. The Hall–Kier alpha value is -3.58. The summed E-state index contributed by atoms with van der Waals surface area (Å²) in [6.07, 6.45) is 4.02. The fourth-order valence-electron chi connectivity index (χ4n) is 4.19. The molecule has 3 heterocycles. The van der Waals surface area contributed by atoms with Crippen LogP contribution in [0.5, 0.6) is 5.75 Å². The maximum atomic E-state index is 13.3. The molecule has 0 unspecified atom stereocenters. The van der Waals surface area contributed by atoms with Gasteiger partial charge in [-0.05, 0) is 48.7 Å². The largest absolute Gasteiger partial charge is 0.497 e. The number of hydrogen-bond acceptors (Lipinski definition) is 5. The number of methoxy groups -OCH3 is 1. The van der Waals surface area contributed by atoms with Crippen LogP contribution in [0.2, 0.25) is 5.02 Å². The number of nitrogens with one attached hydrogen (secondary N) is 1. The van der Waals surface area contributed by atoms with Gasteiger partial charge in [0.05, 0.1) is 19.0 Å². The Morgan fingerprint density at radius 1 is 1.24 bits per heavy atom. The molecule has 1 fully saturated rings. The Kier molecular flexibility index (Phi) is 5.88. The second kappa shape index (κ2) is 9.11. The molecule has 168 valence electrons. The number of rotatable bonds is 6. The van der Waals surface area contributed by atoms with E-state index in [9.17, 15) is 4.79 Å². The fraction of sp³-hybridized carbons (Fsp3) is 0.240. The summed E-state index contributed by atoms with van der Waals surface area (Å²) in [7, 11) is 1.62. The van der Waals surface area contributed by atoms with Gasteiger partial charge in [0.25, 0.3) is 5.91 Å². The molecule has 1 aliphatic heterocycles. The molecule has 2 aromatic carbocycles. The van der Waals surface area contributed by atoms with Gasteiger partial charge in [0.15, 0.2) is 0 Å². The van der Waals surface area contributed by atoms with Crippen LogP contribution in [0, 0.1) is 0 Å². The van der Waals surface area contributed by atoms with E-state index < -0.39 is 0 Å². The van der Waals surface area contributed by atoms with Gasteiger partial charge in [-0.15, -0.1) is 0 Å². The van der Waals surface area contributed by atoms with Gasteiger partial charge in [-0.1, -0.05) is 35.9 Å². The molecule has 1 amide bonds. The molecule has 0 aliphatic carbocycles. The van der Waals surface area contributed by atoms with E-state index in [1.165, 1.54) is 0 Å². The Balaban J connectivity index is 1.32. The third-order valence-electron chi connectivity index (χ3n) is 5.81. The van der Waals surface area contributed by atoms with E-state index in [1.807, 2.05) is 48.5 Å². The molecule has 4 aromatic rings. The van der Waals surface area contributed by atoms with Gasteiger partial charge in [-0.25, -0.2) is 4.98 Å². The van der Waals surface area contributed by atoms with Gasteiger partial charge >= 0.3 is 0 Å². The van der Waals surface area contributed by atoms with Crippen LogP contribution in [0.15, 0.2) is 65.2 Å². The van der Waals surface area contributed by atoms with Crippen molar-refractivity contribution in [2.75, 3.05) is 13.7 Å². The second-order valence-corrected chi connectivity index (χ2v) is 8.46. The minimum atomic E-state index is -0.200. The number of aromatic amines is 1. The lowest BCUT2D eigenvalue weighted by Crippen LogP contribution is -2.31. The van der Waals surface area contributed by atoms with Crippen molar-refractivity contribution in [2.45, 2.75) is 25.3 Å². The monoisotopic (exact) mass is 462 g/mol. The highest BCUT2D eigenvalue weighted by molar-refractivity contribution is 6.30. The van der Waals surface area contributed by atoms with Crippen molar-refractivity contribution in [3.63, 3.8) is 0 Å². The number of halogens is 1. The van der Waals surface area contributed by atoms with E-state index >= 15 is 0 Å². The molecule has 1 N–H and O–H groups in total. The summed E-state index contributed by atoms with van der Waals surface area (Å²) in [4.78, 5) is 19.6. The van der Waals surface area contributed by atoms with Crippen LogP contribution in [-0.2, 0) is 6.42 Å².